The average Bonchev–Trinajstić information content (AvgIpc) is 2.46. The molecule has 1 saturated heterocycles. The number of nitrogens with zero attached hydrogens (tertiary/aromatic N) is 1. The van der Waals surface area contributed by atoms with Crippen molar-refractivity contribution in [3.8, 4) is 0 Å². The van der Waals surface area contributed by atoms with Crippen LogP contribution in [0.4, 0.5) is 13.2 Å². The molecule has 5 heteroatoms. The van der Waals surface area contributed by atoms with E-state index in [1.807, 2.05) is 18.2 Å². The van der Waals surface area contributed by atoms with Crippen LogP contribution in [-0.2, 0) is 4.79 Å². The summed E-state index contributed by atoms with van der Waals surface area (Å²) in [5.74, 6) is -1.01. The molecule has 2 aliphatic rings. The van der Waals surface area contributed by atoms with E-state index in [-0.39, 0.29) is 24.7 Å². The lowest BCUT2D eigenvalue weighted by atomic mass is 9.80. The van der Waals surface area contributed by atoms with Gasteiger partial charge in [-0.15, -0.1) is 0 Å². The number of alkyl halides is 3. The number of likely N-dealkylation sites (tertiary alicyclic amines) is 1. The van der Waals surface area contributed by atoms with Gasteiger partial charge in [0.05, 0.1) is 5.92 Å². The highest BCUT2D eigenvalue weighted by Gasteiger charge is 2.44. The fourth-order valence-electron chi connectivity index (χ4n) is 3.52. The standard InChI is InChI=1S/C17H20F3NO/c18-17(19,20)15-8-6-13(7-9-15)16(22)21-10-14(11-21)12-4-2-1-3-5-12/h1-5,13-15H,6-11H2. The van der Waals surface area contributed by atoms with Gasteiger partial charge in [0, 0.05) is 24.9 Å². The van der Waals surface area contributed by atoms with E-state index >= 15 is 0 Å². The molecule has 0 N–H and O–H groups in total. The summed E-state index contributed by atoms with van der Waals surface area (Å²) in [4.78, 5) is 14.2. The van der Waals surface area contributed by atoms with Crippen LogP contribution in [0.15, 0.2) is 30.3 Å². The summed E-state index contributed by atoms with van der Waals surface area (Å²) in [7, 11) is 0. The fourth-order valence-corrected chi connectivity index (χ4v) is 3.52. The third-order valence-corrected chi connectivity index (χ3v) is 5.00. The first-order valence-corrected chi connectivity index (χ1v) is 7.85. The van der Waals surface area contributed by atoms with Crippen LogP contribution in [0.1, 0.15) is 37.2 Å². The molecule has 0 bridgehead atoms. The van der Waals surface area contributed by atoms with Crippen molar-refractivity contribution >= 4 is 5.91 Å². The van der Waals surface area contributed by atoms with Crippen LogP contribution in [0.25, 0.3) is 0 Å². The van der Waals surface area contributed by atoms with Gasteiger partial charge in [-0.3, -0.25) is 4.79 Å². The van der Waals surface area contributed by atoms with Gasteiger partial charge in [0.25, 0.3) is 0 Å². The molecule has 0 unspecified atom stereocenters. The second-order valence-electron chi connectivity index (χ2n) is 6.44. The maximum absolute atomic E-state index is 12.6. The molecule has 1 aromatic carbocycles. The molecule has 1 aliphatic heterocycles. The lowest BCUT2D eigenvalue weighted by Crippen LogP contribution is -2.51. The van der Waals surface area contributed by atoms with Gasteiger partial charge in [-0.2, -0.15) is 13.2 Å². The third-order valence-electron chi connectivity index (χ3n) is 5.00. The Morgan fingerprint density at radius 1 is 1.00 bits per heavy atom. The van der Waals surface area contributed by atoms with Crippen molar-refractivity contribution in [2.45, 2.75) is 37.8 Å². The number of halogens is 3. The predicted octanol–water partition coefficient (Wildman–Crippen LogP) is 3.98. The van der Waals surface area contributed by atoms with Crippen LogP contribution in [0.2, 0.25) is 0 Å². The van der Waals surface area contributed by atoms with Crippen molar-refractivity contribution in [3.05, 3.63) is 35.9 Å². The maximum atomic E-state index is 12.6. The molecular formula is C17H20F3NO. The second kappa shape index (κ2) is 5.94. The number of hydrogen-bond donors (Lipinski definition) is 0. The van der Waals surface area contributed by atoms with Crippen LogP contribution in [-0.4, -0.2) is 30.1 Å². The van der Waals surface area contributed by atoms with E-state index in [0.29, 0.717) is 31.8 Å². The normalized spacial score (nSPS) is 26.6. The lowest BCUT2D eigenvalue weighted by molar-refractivity contribution is -0.185. The Balaban J connectivity index is 1.49. The van der Waals surface area contributed by atoms with Crippen molar-refractivity contribution in [3.63, 3.8) is 0 Å². The van der Waals surface area contributed by atoms with E-state index < -0.39 is 12.1 Å². The Bertz CT molecular complexity index is 514. The monoisotopic (exact) mass is 311 g/mol. The zero-order valence-electron chi connectivity index (χ0n) is 12.4. The number of hydrogen-bond acceptors (Lipinski definition) is 1. The largest absolute Gasteiger partial charge is 0.391 e. The fraction of sp³-hybridized carbons (Fsp3) is 0.588. The number of carbonyl (C=O) groups is 1. The molecule has 0 atom stereocenters. The van der Waals surface area contributed by atoms with E-state index in [1.54, 1.807) is 4.90 Å². The van der Waals surface area contributed by atoms with Gasteiger partial charge in [-0.25, -0.2) is 0 Å². The summed E-state index contributed by atoms with van der Waals surface area (Å²) >= 11 is 0. The van der Waals surface area contributed by atoms with E-state index in [2.05, 4.69) is 12.1 Å². The molecule has 0 radical (unpaired) electrons. The molecule has 0 aromatic heterocycles. The van der Waals surface area contributed by atoms with Gasteiger partial charge >= 0.3 is 6.18 Å². The molecule has 1 saturated carbocycles. The summed E-state index contributed by atoms with van der Waals surface area (Å²) in [5, 5.41) is 0. The van der Waals surface area contributed by atoms with E-state index in [0.717, 1.165) is 0 Å². The molecule has 1 aromatic rings. The number of carbonyl (C=O) groups excluding carboxylic acids is 1. The topological polar surface area (TPSA) is 20.3 Å². The zero-order chi connectivity index (χ0) is 15.7. The molecular weight excluding hydrogens is 291 g/mol. The third kappa shape index (κ3) is 3.13. The SMILES string of the molecule is O=C(C1CCC(C(F)(F)F)CC1)N1CC(c2ccccc2)C1. The minimum absolute atomic E-state index is 0.0489. The summed E-state index contributed by atoms with van der Waals surface area (Å²) in [6.07, 6.45) is -3.18. The quantitative estimate of drug-likeness (QED) is 0.809. The van der Waals surface area contributed by atoms with Gasteiger partial charge in [0.15, 0.2) is 0 Å². The zero-order valence-corrected chi connectivity index (χ0v) is 12.4. The van der Waals surface area contributed by atoms with Gasteiger partial charge in [-0.05, 0) is 31.2 Å². The Morgan fingerprint density at radius 3 is 2.14 bits per heavy atom. The van der Waals surface area contributed by atoms with Crippen LogP contribution >= 0.6 is 0 Å². The van der Waals surface area contributed by atoms with Crippen molar-refractivity contribution in [1.29, 1.82) is 0 Å². The van der Waals surface area contributed by atoms with E-state index in [4.69, 9.17) is 0 Å². The first-order valence-electron chi connectivity index (χ1n) is 7.85. The summed E-state index contributed by atoms with van der Waals surface area (Å²) in [6.45, 7) is 1.39. The smallest absolute Gasteiger partial charge is 0.341 e. The van der Waals surface area contributed by atoms with Crippen molar-refractivity contribution in [2.24, 2.45) is 11.8 Å². The van der Waals surface area contributed by atoms with Gasteiger partial charge in [-0.1, -0.05) is 30.3 Å². The van der Waals surface area contributed by atoms with Crippen LogP contribution in [0.3, 0.4) is 0 Å². The average molecular weight is 311 g/mol. The van der Waals surface area contributed by atoms with E-state index in [1.165, 1.54) is 5.56 Å². The maximum Gasteiger partial charge on any atom is 0.391 e. The molecule has 22 heavy (non-hydrogen) atoms. The lowest BCUT2D eigenvalue weighted by Gasteiger charge is -2.42. The van der Waals surface area contributed by atoms with Crippen LogP contribution in [0, 0.1) is 11.8 Å². The predicted molar refractivity (Wildman–Crippen MR) is 77.3 cm³/mol. The highest BCUT2D eigenvalue weighted by atomic mass is 19.4. The second-order valence-corrected chi connectivity index (χ2v) is 6.44. The number of benzene rings is 1. The molecule has 2 fully saturated rings. The molecule has 1 heterocycles. The Morgan fingerprint density at radius 2 is 1.59 bits per heavy atom. The Kier molecular flexibility index (Phi) is 4.15. The van der Waals surface area contributed by atoms with Gasteiger partial charge in [0.2, 0.25) is 5.91 Å². The molecule has 0 spiro atoms. The molecule has 1 aliphatic carbocycles. The van der Waals surface area contributed by atoms with Crippen molar-refractivity contribution in [1.82, 2.24) is 4.90 Å². The van der Waals surface area contributed by atoms with E-state index in [9.17, 15) is 18.0 Å². The van der Waals surface area contributed by atoms with Crippen molar-refractivity contribution in [2.75, 3.05) is 13.1 Å². The summed E-state index contributed by atoms with van der Waals surface area (Å²) in [6, 6.07) is 10.0. The first kappa shape index (κ1) is 15.4. The summed E-state index contributed by atoms with van der Waals surface area (Å²) in [5.41, 5.74) is 1.23. The highest BCUT2D eigenvalue weighted by molar-refractivity contribution is 5.80. The highest BCUT2D eigenvalue weighted by Crippen LogP contribution is 2.40. The minimum atomic E-state index is -4.11. The molecule has 2 nitrogen and oxygen atoms in total. The first-order chi connectivity index (χ1) is 10.4. The Labute approximate surface area is 128 Å². The van der Waals surface area contributed by atoms with Crippen LogP contribution in [0.5, 0.6) is 0 Å². The minimum Gasteiger partial charge on any atom is -0.341 e. The van der Waals surface area contributed by atoms with Gasteiger partial charge in [0.1, 0.15) is 0 Å². The Hall–Kier alpha value is -1.52. The molecule has 1 amide bonds. The molecule has 120 valence electrons. The number of rotatable bonds is 2. The summed E-state index contributed by atoms with van der Waals surface area (Å²) < 4.78 is 37.9. The van der Waals surface area contributed by atoms with Gasteiger partial charge < -0.3 is 4.90 Å². The van der Waals surface area contributed by atoms with Crippen LogP contribution < -0.4 is 0 Å². The number of amides is 1. The molecule has 3 rings (SSSR count). The van der Waals surface area contributed by atoms with Crippen molar-refractivity contribution < 1.29 is 18.0 Å².